The molecule has 30 heavy (non-hydrogen) atoms. The van der Waals surface area contributed by atoms with Gasteiger partial charge in [0, 0.05) is 50.9 Å². The number of fused-ring (bicyclic) bond motifs is 1. The van der Waals surface area contributed by atoms with E-state index in [1.165, 1.54) is 0 Å². The van der Waals surface area contributed by atoms with E-state index in [0.717, 1.165) is 42.8 Å². The lowest BCUT2D eigenvalue weighted by atomic mass is 10.1. The van der Waals surface area contributed by atoms with Crippen molar-refractivity contribution in [3.8, 4) is 0 Å². The van der Waals surface area contributed by atoms with Gasteiger partial charge in [0.2, 0.25) is 5.91 Å². The summed E-state index contributed by atoms with van der Waals surface area (Å²) in [5.41, 5.74) is 1.57. The van der Waals surface area contributed by atoms with E-state index in [2.05, 4.69) is 24.8 Å². The van der Waals surface area contributed by atoms with E-state index in [1.54, 1.807) is 6.20 Å². The molecule has 1 atom stereocenters. The minimum atomic E-state index is -4.27. The Balaban J connectivity index is 1.42. The summed E-state index contributed by atoms with van der Waals surface area (Å²) in [5.74, 6) is -0.0691. The van der Waals surface area contributed by atoms with Crippen molar-refractivity contribution in [3.63, 3.8) is 0 Å². The van der Waals surface area contributed by atoms with Gasteiger partial charge in [-0.05, 0) is 37.6 Å². The summed E-state index contributed by atoms with van der Waals surface area (Å²) >= 11 is 0. The van der Waals surface area contributed by atoms with Crippen LogP contribution in [0.4, 0.5) is 18.9 Å². The van der Waals surface area contributed by atoms with Crippen molar-refractivity contribution in [3.05, 3.63) is 36.5 Å². The van der Waals surface area contributed by atoms with E-state index in [4.69, 9.17) is 0 Å². The molecule has 3 rings (SSSR count). The van der Waals surface area contributed by atoms with E-state index < -0.39 is 12.8 Å². The minimum Gasteiger partial charge on any atom is -0.372 e. The number of anilines is 1. The van der Waals surface area contributed by atoms with Crippen molar-refractivity contribution in [2.45, 2.75) is 25.6 Å². The maximum absolute atomic E-state index is 12.8. The number of aromatic nitrogens is 1. The van der Waals surface area contributed by atoms with Crippen molar-refractivity contribution < 1.29 is 22.7 Å². The number of nitrogens with zero attached hydrogens (tertiary/aromatic N) is 3. The molecule has 1 aliphatic rings. The summed E-state index contributed by atoms with van der Waals surface area (Å²) < 4.78 is 40.8. The number of carbonyl (C=O) groups excluding carboxylic acids is 1. The molecule has 0 spiro atoms. The Kier molecular flexibility index (Phi) is 7.63. The van der Waals surface area contributed by atoms with Gasteiger partial charge in [-0.25, -0.2) is 0 Å². The van der Waals surface area contributed by atoms with Crippen molar-refractivity contribution in [1.29, 1.82) is 0 Å². The lowest BCUT2D eigenvalue weighted by Crippen LogP contribution is -2.52. The molecule has 2 aromatic rings. The number of piperazine rings is 1. The number of carbonyl (C=O) groups is 1. The predicted octanol–water partition coefficient (Wildman–Crippen LogP) is 3.15. The van der Waals surface area contributed by atoms with Crippen molar-refractivity contribution in [1.82, 2.24) is 14.8 Å². The molecule has 1 aromatic carbocycles. The Hall–Kier alpha value is -2.23. The number of hydrogen-bond acceptors (Lipinski definition) is 5. The van der Waals surface area contributed by atoms with Gasteiger partial charge in [-0.2, -0.15) is 13.2 Å². The third-order valence-electron chi connectivity index (χ3n) is 5.27. The highest BCUT2D eigenvalue weighted by atomic mass is 19.4. The summed E-state index contributed by atoms with van der Waals surface area (Å²) in [5, 5.41) is 3.91. The van der Waals surface area contributed by atoms with Crippen LogP contribution in [0.25, 0.3) is 10.9 Å². The second kappa shape index (κ2) is 10.2. The molecule has 0 radical (unpaired) electrons. The molecule has 1 aromatic heterocycles. The SMILES string of the molecule is CC(C(=O)Nc1cccc2ncccc12)N1CCN(CCCOCC(F)(F)F)CC1. The maximum atomic E-state index is 12.8. The van der Waals surface area contributed by atoms with E-state index in [0.29, 0.717) is 13.0 Å². The number of nitrogens with one attached hydrogen (secondary N) is 1. The molecule has 0 bridgehead atoms. The summed E-state index contributed by atoms with van der Waals surface area (Å²) in [6.07, 6.45) is -2.00. The van der Waals surface area contributed by atoms with Crippen LogP contribution in [0, 0.1) is 0 Å². The summed E-state index contributed by atoms with van der Waals surface area (Å²) in [6.45, 7) is 4.49. The largest absolute Gasteiger partial charge is 0.411 e. The fourth-order valence-corrected chi connectivity index (χ4v) is 3.57. The molecule has 0 saturated carbocycles. The molecule has 2 heterocycles. The van der Waals surface area contributed by atoms with Crippen LogP contribution >= 0.6 is 0 Å². The fraction of sp³-hybridized carbons (Fsp3) is 0.524. The molecule has 1 fully saturated rings. The van der Waals surface area contributed by atoms with Crippen LogP contribution < -0.4 is 5.32 Å². The lowest BCUT2D eigenvalue weighted by molar-refractivity contribution is -0.174. The second-order valence-corrected chi connectivity index (χ2v) is 7.44. The maximum Gasteiger partial charge on any atom is 0.411 e. The summed E-state index contributed by atoms with van der Waals surface area (Å²) in [7, 11) is 0. The number of ether oxygens (including phenoxy) is 1. The smallest absolute Gasteiger partial charge is 0.372 e. The molecule has 1 unspecified atom stereocenters. The van der Waals surface area contributed by atoms with Gasteiger partial charge in [0.1, 0.15) is 6.61 Å². The number of halogens is 3. The highest BCUT2D eigenvalue weighted by molar-refractivity contribution is 6.02. The van der Waals surface area contributed by atoms with Gasteiger partial charge < -0.3 is 15.0 Å². The number of rotatable bonds is 8. The fourth-order valence-electron chi connectivity index (χ4n) is 3.57. The van der Waals surface area contributed by atoms with E-state index in [1.807, 2.05) is 37.3 Å². The van der Waals surface area contributed by atoms with Gasteiger partial charge in [0.15, 0.2) is 0 Å². The average molecular weight is 424 g/mol. The summed E-state index contributed by atoms with van der Waals surface area (Å²) in [6, 6.07) is 9.13. The molecule has 9 heteroatoms. The minimum absolute atomic E-state index is 0.0691. The van der Waals surface area contributed by atoms with Crippen LogP contribution in [0.15, 0.2) is 36.5 Å². The normalized spacial score (nSPS) is 17.2. The van der Waals surface area contributed by atoms with Crippen LogP contribution in [0.5, 0.6) is 0 Å². The molecular formula is C21H27F3N4O2. The third-order valence-corrected chi connectivity index (χ3v) is 5.27. The number of benzene rings is 1. The highest BCUT2D eigenvalue weighted by Crippen LogP contribution is 2.22. The molecule has 1 aliphatic heterocycles. The topological polar surface area (TPSA) is 57.7 Å². The Bertz CT molecular complexity index is 833. The first kappa shape index (κ1) is 22.5. The number of hydrogen-bond donors (Lipinski definition) is 1. The number of alkyl halides is 3. The molecule has 1 amide bonds. The number of pyridine rings is 1. The van der Waals surface area contributed by atoms with E-state index >= 15 is 0 Å². The quantitative estimate of drug-likeness (QED) is 0.660. The van der Waals surface area contributed by atoms with Gasteiger partial charge in [-0.15, -0.1) is 0 Å². The third kappa shape index (κ3) is 6.38. The first-order valence-corrected chi connectivity index (χ1v) is 10.1. The zero-order chi connectivity index (χ0) is 21.6. The predicted molar refractivity (Wildman–Crippen MR) is 109 cm³/mol. The molecule has 164 valence electrons. The van der Waals surface area contributed by atoms with Crippen LogP contribution in [-0.4, -0.2) is 78.8 Å². The highest BCUT2D eigenvalue weighted by Gasteiger charge is 2.28. The standard InChI is InChI=1S/C21H27F3N4O2/c1-16(20(29)26-19-7-2-6-18-17(19)5-3-8-25-18)28-12-10-27(11-13-28)9-4-14-30-15-21(22,23)24/h2-3,5-8,16H,4,9-15H2,1H3,(H,26,29). The molecule has 1 saturated heterocycles. The summed E-state index contributed by atoms with van der Waals surface area (Å²) in [4.78, 5) is 21.4. The van der Waals surface area contributed by atoms with Crippen LogP contribution in [0.2, 0.25) is 0 Å². The number of amides is 1. The average Bonchev–Trinajstić information content (AvgIpc) is 2.73. The van der Waals surface area contributed by atoms with Crippen molar-refractivity contribution in [2.75, 3.05) is 51.3 Å². The van der Waals surface area contributed by atoms with Gasteiger partial charge in [0.25, 0.3) is 0 Å². The Labute approximate surface area is 174 Å². The monoisotopic (exact) mass is 424 g/mol. The van der Waals surface area contributed by atoms with E-state index in [-0.39, 0.29) is 18.6 Å². The van der Waals surface area contributed by atoms with Gasteiger partial charge >= 0.3 is 6.18 Å². The molecule has 6 nitrogen and oxygen atoms in total. The van der Waals surface area contributed by atoms with Crippen LogP contribution in [0.1, 0.15) is 13.3 Å². The second-order valence-electron chi connectivity index (χ2n) is 7.44. The zero-order valence-electron chi connectivity index (χ0n) is 17.0. The Morgan fingerprint density at radius 3 is 2.70 bits per heavy atom. The zero-order valence-corrected chi connectivity index (χ0v) is 17.0. The van der Waals surface area contributed by atoms with E-state index in [9.17, 15) is 18.0 Å². The van der Waals surface area contributed by atoms with Crippen LogP contribution in [0.3, 0.4) is 0 Å². The van der Waals surface area contributed by atoms with Gasteiger partial charge in [0.05, 0.1) is 17.2 Å². The van der Waals surface area contributed by atoms with Crippen LogP contribution in [-0.2, 0) is 9.53 Å². The Morgan fingerprint density at radius 1 is 1.20 bits per heavy atom. The molecule has 0 aliphatic carbocycles. The van der Waals surface area contributed by atoms with Gasteiger partial charge in [-0.1, -0.05) is 6.07 Å². The molecule has 1 N–H and O–H groups in total. The van der Waals surface area contributed by atoms with Crippen molar-refractivity contribution in [2.24, 2.45) is 0 Å². The van der Waals surface area contributed by atoms with Gasteiger partial charge in [-0.3, -0.25) is 14.7 Å². The first-order valence-electron chi connectivity index (χ1n) is 10.1. The van der Waals surface area contributed by atoms with Crippen molar-refractivity contribution >= 4 is 22.5 Å². The first-order chi connectivity index (χ1) is 14.3. The Morgan fingerprint density at radius 2 is 1.97 bits per heavy atom. The molecular weight excluding hydrogens is 397 g/mol. The lowest BCUT2D eigenvalue weighted by Gasteiger charge is -2.37.